The average Bonchev–Trinajstić information content (AvgIpc) is 2.72. The fourth-order valence-electron chi connectivity index (χ4n) is 1.57. The molecule has 0 atom stereocenters. The molecule has 6 heteroatoms. The van der Waals surface area contributed by atoms with E-state index in [1.807, 2.05) is 25.1 Å². The molecule has 0 fully saturated rings. The zero-order chi connectivity index (χ0) is 12.3. The van der Waals surface area contributed by atoms with E-state index in [1.54, 1.807) is 13.2 Å². The second kappa shape index (κ2) is 6.16. The summed E-state index contributed by atoms with van der Waals surface area (Å²) in [5, 5.41) is 6.51. The summed E-state index contributed by atoms with van der Waals surface area (Å²) in [4.78, 5) is 0. The molecule has 98 valence electrons. The zero-order valence-electron chi connectivity index (χ0n) is 10.3. The second-order valence-corrected chi connectivity index (χ2v) is 3.81. The molecule has 1 aromatic carbocycles. The SMILES string of the molecule is COc1cc(C)cc(COc2cc(N)[nH]n2)c1.Cl. The molecule has 18 heavy (non-hydrogen) atoms. The van der Waals surface area contributed by atoms with E-state index in [2.05, 4.69) is 10.2 Å². The van der Waals surface area contributed by atoms with E-state index in [4.69, 9.17) is 15.2 Å². The van der Waals surface area contributed by atoms with Crippen LogP contribution in [0, 0.1) is 6.92 Å². The maximum Gasteiger partial charge on any atom is 0.235 e. The summed E-state index contributed by atoms with van der Waals surface area (Å²) in [6, 6.07) is 7.59. The Labute approximate surface area is 112 Å². The van der Waals surface area contributed by atoms with Crippen molar-refractivity contribution >= 4 is 18.2 Å². The van der Waals surface area contributed by atoms with Crippen molar-refractivity contribution in [1.29, 1.82) is 0 Å². The summed E-state index contributed by atoms with van der Waals surface area (Å²) in [6.45, 7) is 2.45. The molecule has 0 amide bonds. The number of halogens is 1. The minimum Gasteiger partial charge on any atom is -0.497 e. The van der Waals surface area contributed by atoms with Crippen LogP contribution in [0.15, 0.2) is 24.3 Å². The van der Waals surface area contributed by atoms with Crippen molar-refractivity contribution in [2.24, 2.45) is 0 Å². The summed E-state index contributed by atoms with van der Waals surface area (Å²) in [5.41, 5.74) is 7.66. The molecule has 0 unspecified atom stereocenters. The molecule has 0 aliphatic carbocycles. The Morgan fingerprint density at radius 1 is 1.28 bits per heavy atom. The van der Waals surface area contributed by atoms with Crippen LogP contribution in [0.25, 0.3) is 0 Å². The Kier molecular flexibility index (Phi) is 4.85. The minimum atomic E-state index is 0. The van der Waals surface area contributed by atoms with Crippen LogP contribution in [-0.2, 0) is 6.61 Å². The lowest BCUT2D eigenvalue weighted by Crippen LogP contribution is -1.97. The molecule has 1 heterocycles. The number of aromatic nitrogens is 2. The number of ether oxygens (including phenoxy) is 2. The zero-order valence-corrected chi connectivity index (χ0v) is 11.1. The third-order valence-corrected chi connectivity index (χ3v) is 2.31. The molecule has 0 spiro atoms. The van der Waals surface area contributed by atoms with Crippen LogP contribution in [0.2, 0.25) is 0 Å². The quantitative estimate of drug-likeness (QED) is 0.893. The molecular weight excluding hydrogens is 254 g/mol. The van der Waals surface area contributed by atoms with E-state index in [0.717, 1.165) is 16.9 Å². The first-order chi connectivity index (χ1) is 8.17. The Balaban J connectivity index is 0.00000162. The standard InChI is InChI=1S/C12H15N3O2.ClH/c1-8-3-9(5-10(4-8)16-2)7-17-12-6-11(13)14-15-12;/h3-6H,7H2,1-2H3,(H3,13,14,15);1H. The maximum atomic E-state index is 5.50. The van der Waals surface area contributed by atoms with Crippen LogP contribution in [0.5, 0.6) is 11.6 Å². The van der Waals surface area contributed by atoms with Gasteiger partial charge in [0.1, 0.15) is 18.2 Å². The molecule has 0 radical (unpaired) electrons. The van der Waals surface area contributed by atoms with Crippen molar-refractivity contribution in [1.82, 2.24) is 10.2 Å². The van der Waals surface area contributed by atoms with Gasteiger partial charge < -0.3 is 15.2 Å². The Morgan fingerprint density at radius 2 is 2.06 bits per heavy atom. The number of aromatic amines is 1. The monoisotopic (exact) mass is 269 g/mol. The molecule has 0 aliphatic heterocycles. The number of hydrogen-bond acceptors (Lipinski definition) is 4. The number of benzene rings is 1. The van der Waals surface area contributed by atoms with Crippen LogP contribution in [0.4, 0.5) is 5.82 Å². The van der Waals surface area contributed by atoms with Gasteiger partial charge in [-0.3, -0.25) is 5.10 Å². The minimum absolute atomic E-state index is 0. The smallest absolute Gasteiger partial charge is 0.235 e. The summed E-state index contributed by atoms with van der Waals surface area (Å²) >= 11 is 0. The number of aryl methyl sites for hydroxylation is 1. The highest BCUT2D eigenvalue weighted by Crippen LogP contribution is 2.18. The topological polar surface area (TPSA) is 73.2 Å². The Bertz CT molecular complexity index is 514. The Morgan fingerprint density at radius 3 is 2.67 bits per heavy atom. The lowest BCUT2D eigenvalue weighted by molar-refractivity contribution is 0.292. The van der Waals surface area contributed by atoms with Gasteiger partial charge >= 0.3 is 0 Å². The number of nitrogens with two attached hydrogens (primary N) is 1. The predicted molar refractivity (Wildman–Crippen MR) is 72.3 cm³/mol. The van der Waals surface area contributed by atoms with E-state index in [9.17, 15) is 0 Å². The number of anilines is 1. The first kappa shape index (κ1) is 14.2. The fraction of sp³-hybridized carbons (Fsp3) is 0.250. The van der Waals surface area contributed by atoms with E-state index < -0.39 is 0 Å². The lowest BCUT2D eigenvalue weighted by atomic mass is 10.1. The number of nitrogens with one attached hydrogen (secondary N) is 1. The van der Waals surface area contributed by atoms with Crippen LogP contribution in [0.3, 0.4) is 0 Å². The molecule has 5 nitrogen and oxygen atoms in total. The maximum absolute atomic E-state index is 5.50. The highest BCUT2D eigenvalue weighted by Gasteiger charge is 2.02. The number of H-pyrrole nitrogens is 1. The lowest BCUT2D eigenvalue weighted by Gasteiger charge is -2.07. The molecule has 1 aromatic heterocycles. The van der Waals surface area contributed by atoms with Crippen molar-refractivity contribution in [3.63, 3.8) is 0 Å². The van der Waals surface area contributed by atoms with Crippen molar-refractivity contribution in [3.05, 3.63) is 35.4 Å². The van der Waals surface area contributed by atoms with Gasteiger partial charge in [0, 0.05) is 6.07 Å². The number of rotatable bonds is 4. The normalized spacial score (nSPS) is 9.67. The second-order valence-electron chi connectivity index (χ2n) is 3.81. The largest absolute Gasteiger partial charge is 0.497 e. The van der Waals surface area contributed by atoms with Gasteiger partial charge in [-0.05, 0) is 30.2 Å². The fourth-order valence-corrected chi connectivity index (χ4v) is 1.57. The molecular formula is C12H16ClN3O2. The van der Waals surface area contributed by atoms with Gasteiger partial charge in [-0.2, -0.15) is 0 Å². The van der Waals surface area contributed by atoms with Crippen molar-refractivity contribution < 1.29 is 9.47 Å². The molecule has 2 aromatic rings. The summed E-state index contributed by atoms with van der Waals surface area (Å²) < 4.78 is 10.7. The first-order valence-electron chi connectivity index (χ1n) is 5.25. The van der Waals surface area contributed by atoms with Crippen molar-refractivity contribution in [2.45, 2.75) is 13.5 Å². The summed E-state index contributed by atoms with van der Waals surface area (Å²) in [6.07, 6.45) is 0. The van der Waals surface area contributed by atoms with Crippen LogP contribution < -0.4 is 15.2 Å². The third kappa shape index (κ3) is 3.56. The molecule has 2 rings (SSSR count). The molecule has 0 aliphatic rings. The highest BCUT2D eigenvalue weighted by molar-refractivity contribution is 5.85. The molecule has 0 saturated carbocycles. The predicted octanol–water partition coefficient (Wildman–Crippen LogP) is 2.31. The van der Waals surface area contributed by atoms with Gasteiger partial charge in [-0.1, -0.05) is 6.07 Å². The first-order valence-corrected chi connectivity index (χ1v) is 5.25. The van der Waals surface area contributed by atoms with Crippen LogP contribution in [-0.4, -0.2) is 17.3 Å². The highest BCUT2D eigenvalue weighted by atomic mass is 35.5. The van der Waals surface area contributed by atoms with E-state index in [0.29, 0.717) is 18.3 Å². The molecule has 0 bridgehead atoms. The van der Waals surface area contributed by atoms with Gasteiger partial charge in [0.15, 0.2) is 0 Å². The number of nitrogen functional groups attached to an aromatic ring is 1. The Hall–Kier alpha value is -1.88. The van der Waals surface area contributed by atoms with Crippen molar-refractivity contribution in [2.75, 3.05) is 12.8 Å². The van der Waals surface area contributed by atoms with Gasteiger partial charge in [0.05, 0.1) is 7.11 Å². The number of methoxy groups -OCH3 is 1. The van der Waals surface area contributed by atoms with E-state index >= 15 is 0 Å². The summed E-state index contributed by atoms with van der Waals surface area (Å²) in [5.74, 6) is 1.80. The number of hydrogen-bond donors (Lipinski definition) is 2. The van der Waals surface area contributed by atoms with Crippen molar-refractivity contribution in [3.8, 4) is 11.6 Å². The molecule has 3 N–H and O–H groups in total. The van der Waals surface area contributed by atoms with Gasteiger partial charge in [-0.15, -0.1) is 17.5 Å². The average molecular weight is 270 g/mol. The van der Waals surface area contributed by atoms with Gasteiger partial charge in [-0.25, -0.2) is 0 Å². The van der Waals surface area contributed by atoms with Gasteiger partial charge in [0.2, 0.25) is 5.88 Å². The van der Waals surface area contributed by atoms with Gasteiger partial charge in [0.25, 0.3) is 0 Å². The van der Waals surface area contributed by atoms with E-state index in [1.165, 1.54) is 0 Å². The van der Waals surface area contributed by atoms with Crippen LogP contribution >= 0.6 is 12.4 Å². The summed E-state index contributed by atoms with van der Waals surface area (Å²) in [7, 11) is 1.65. The molecule has 0 saturated heterocycles. The third-order valence-electron chi connectivity index (χ3n) is 2.31. The van der Waals surface area contributed by atoms with Crippen LogP contribution in [0.1, 0.15) is 11.1 Å². The number of nitrogens with zero attached hydrogens (tertiary/aromatic N) is 1. The van der Waals surface area contributed by atoms with E-state index in [-0.39, 0.29) is 12.4 Å².